The maximum atomic E-state index is 13.9. The number of hydrogen-bond acceptors (Lipinski definition) is 5. The summed E-state index contributed by atoms with van der Waals surface area (Å²) in [7, 11) is 0. The van der Waals surface area contributed by atoms with Crippen molar-refractivity contribution in [2.24, 2.45) is 0 Å². The Morgan fingerprint density at radius 1 is 1.03 bits per heavy atom. The predicted molar refractivity (Wildman–Crippen MR) is 141 cm³/mol. The van der Waals surface area contributed by atoms with Gasteiger partial charge >= 0.3 is 5.91 Å². The lowest BCUT2D eigenvalue weighted by Gasteiger charge is -2.24. The predicted octanol–water partition coefficient (Wildman–Crippen LogP) is 6.67. The van der Waals surface area contributed by atoms with Gasteiger partial charge in [0.1, 0.15) is 11.6 Å². The maximum Gasteiger partial charge on any atom is 0.301 e. The highest BCUT2D eigenvalue weighted by Gasteiger charge is 2.48. The summed E-state index contributed by atoms with van der Waals surface area (Å²) in [5.74, 6) is -2.33. The van der Waals surface area contributed by atoms with E-state index in [0.29, 0.717) is 16.3 Å². The van der Waals surface area contributed by atoms with E-state index in [0.717, 1.165) is 15.8 Å². The van der Waals surface area contributed by atoms with Crippen molar-refractivity contribution in [2.45, 2.75) is 39.2 Å². The number of halogens is 1. The number of para-hydroxylation sites is 1. The number of amides is 1. The summed E-state index contributed by atoms with van der Waals surface area (Å²) >= 11 is 1.31. The number of nitrogens with zero attached hydrogens (tertiary/aromatic N) is 2. The van der Waals surface area contributed by atoms with Gasteiger partial charge in [0.05, 0.1) is 21.8 Å². The second-order valence-electron chi connectivity index (χ2n) is 9.97. The first-order chi connectivity index (χ1) is 17.1. The topological polar surface area (TPSA) is 70.5 Å². The highest BCUT2D eigenvalue weighted by atomic mass is 32.1. The molecule has 1 aromatic heterocycles. The van der Waals surface area contributed by atoms with Crippen LogP contribution in [0.3, 0.4) is 0 Å². The van der Waals surface area contributed by atoms with Gasteiger partial charge in [-0.15, -0.1) is 0 Å². The van der Waals surface area contributed by atoms with E-state index in [1.165, 1.54) is 34.4 Å². The van der Waals surface area contributed by atoms with Crippen LogP contribution >= 0.6 is 11.3 Å². The number of carbonyl (C=O) groups excluding carboxylic acids is 2. The Kier molecular flexibility index (Phi) is 5.75. The molecule has 2 heterocycles. The van der Waals surface area contributed by atoms with Crippen LogP contribution in [0.15, 0.2) is 72.3 Å². The highest BCUT2D eigenvalue weighted by Crippen LogP contribution is 2.44. The van der Waals surface area contributed by atoms with E-state index in [1.54, 1.807) is 6.92 Å². The Labute approximate surface area is 212 Å². The lowest BCUT2D eigenvalue weighted by Crippen LogP contribution is -2.29. The molecule has 0 spiro atoms. The average Bonchev–Trinajstić information content (AvgIpc) is 3.38. The zero-order chi connectivity index (χ0) is 25.8. The molecule has 36 heavy (non-hydrogen) atoms. The fourth-order valence-corrected chi connectivity index (χ4v) is 5.41. The first-order valence-corrected chi connectivity index (χ1v) is 12.4. The summed E-state index contributed by atoms with van der Waals surface area (Å²) in [6, 6.07) is 18.4. The second kappa shape index (κ2) is 8.68. The number of hydrogen-bond donors (Lipinski definition) is 1. The quantitative estimate of drug-likeness (QED) is 0.194. The van der Waals surface area contributed by atoms with Crippen LogP contribution in [0.2, 0.25) is 0 Å². The SMILES string of the molecule is Cc1cc(/C(O)=C2\C(=O)C(=O)N(c3nc4ccccc4s3)C2c2ccc(C(C)(C)C)cc2)ccc1F. The van der Waals surface area contributed by atoms with Crippen LogP contribution in [0.5, 0.6) is 0 Å². The van der Waals surface area contributed by atoms with E-state index in [-0.39, 0.29) is 22.3 Å². The third-order valence-electron chi connectivity index (χ3n) is 6.46. The Morgan fingerprint density at radius 2 is 1.72 bits per heavy atom. The Balaban J connectivity index is 1.72. The fourth-order valence-electron chi connectivity index (χ4n) is 4.42. The van der Waals surface area contributed by atoms with Crippen LogP contribution < -0.4 is 4.90 Å². The number of ketones is 1. The third kappa shape index (κ3) is 3.99. The minimum Gasteiger partial charge on any atom is -0.507 e. The molecule has 1 saturated heterocycles. The zero-order valence-corrected chi connectivity index (χ0v) is 21.2. The number of thiazole rings is 1. The minimum atomic E-state index is -0.884. The van der Waals surface area contributed by atoms with Crippen molar-refractivity contribution in [3.8, 4) is 0 Å². The Bertz CT molecular complexity index is 1510. The molecule has 1 amide bonds. The number of aryl methyl sites for hydroxylation is 1. The van der Waals surface area contributed by atoms with Gasteiger partial charge in [-0.1, -0.05) is 68.5 Å². The number of aromatic nitrogens is 1. The van der Waals surface area contributed by atoms with Gasteiger partial charge in [0.15, 0.2) is 5.13 Å². The molecular weight excluding hydrogens is 475 g/mol. The zero-order valence-electron chi connectivity index (χ0n) is 20.4. The molecule has 1 aliphatic heterocycles. The molecule has 1 atom stereocenters. The van der Waals surface area contributed by atoms with E-state index >= 15 is 0 Å². The van der Waals surface area contributed by atoms with Crippen LogP contribution in [-0.4, -0.2) is 21.8 Å². The molecule has 3 aromatic carbocycles. The van der Waals surface area contributed by atoms with Gasteiger partial charge < -0.3 is 5.11 Å². The highest BCUT2D eigenvalue weighted by molar-refractivity contribution is 7.22. The van der Waals surface area contributed by atoms with Gasteiger partial charge in [-0.3, -0.25) is 14.5 Å². The third-order valence-corrected chi connectivity index (χ3v) is 7.49. The number of aliphatic hydroxyl groups excluding tert-OH is 1. The number of fused-ring (bicyclic) bond motifs is 1. The van der Waals surface area contributed by atoms with Gasteiger partial charge in [0.2, 0.25) is 0 Å². The van der Waals surface area contributed by atoms with Crippen molar-refractivity contribution < 1.29 is 19.1 Å². The molecule has 1 N–H and O–H groups in total. The Hall–Kier alpha value is -3.84. The molecular formula is C29H25FN2O3S. The number of Topliss-reactive ketones (excluding diaryl/α,β-unsaturated/α-hetero) is 1. The molecule has 1 fully saturated rings. The van der Waals surface area contributed by atoms with Crippen LogP contribution in [0.25, 0.3) is 16.0 Å². The molecule has 182 valence electrons. The van der Waals surface area contributed by atoms with E-state index < -0.39 is 23.5 Å². The normalized spacial score (nSPS) is 17.8. The van der Waals surface area contributed by atoms with Crippen molar-refractivity contribution in [1.29, 1.82) is 0 Å². The lowest BCUT2D eigenvalue weighted by molar-refractivity contribution is -0.132. The van der Waals surface area contributed by atoms with Crippen molar-refractivity contribution in [3.05, 3.63) is 100 Å². The summed E-state index contributed by atoms with van der Waals surface area (Å²) in [6.07, 6.45) is 0. The van der Waals surface area contributed by atoms with Gasteiger partial charge in [-0.25, -0.2) is 9.37 Å². The first-order valence-electron chi connectivity index (χ1n) is 11.6. The van der Waals surface area contributed by atoms with Crippen LogP contribution in [0.4, 0.5) is 9.52 Å². The van der Waals surface area contributed by atoms with Crippen molar-refractivity contribution in [1.82, 2.24) is 4.98 Å². The maximum absolute atomic E-state index is 13.9. The summed E-state index contributed by atoms with van der Waals surface area (Å²) in [6.45, 7) is 7.89. The van der Waals surface area contributed by atoms with Crippen LogP contribution in [-0.2, 0) is 15.0 Å². The van der Waals surface area contributed by atoms with Crippen LogP contribution in [0, 0.1) is 12.7 Å². The number of carbonyl (C=O) groups is 2. The number of aliphatic hydroxyl groups is 1. The molecule has 0 bridgehead atoms. The van der Waals surface area contributed by atoms with Gasteiger partial charge in [-0.2, -0.15) is 0 Å². The molecule has 0 aliphatic carbocycles. The first kappa shape index (κ1) is 23.9. The van der Waals surface area contributed by atoms with E-state index in [1.807, 2.05) is 48.5 Å². The monoisotopic (exact) mass is 500 g/mol. The fraction of sp³-hybridized carbons (Fsp3) is 0.207. The average molecular weight is 501 g/mol. The van der Waals surface area contributed by atoms with E-state index in [4.69, 9.17) is 0 Å². The molecule has 5 rings (SSSR count). The van der Waals surface area contributed by atoms with Crippen molar-refractivity contribution in [3.63, 3.8) is 0 Å². The second-order valence-corrected chi connectivity index (χ2v) is 11.0. The summed E-state index contributed by atoms with van der Waals surface area (Å²) < 4.78 is 14.8. The van der Waals surface area contributed by atoms with Gasteiger partial charge in [-0.05, 0) is 59.4 Å². The number of benzene rings is 3. The van der Waals surface area contributed by atoms with Crippen LogP contribution in [0.1, 0.15) is 49.1 Å². The lowest BCUT2D eigenvalue weighted by atomic mass is 9.85. The van der Waals surface area contributed by atoms with Crippen molar-refractivity contribution >= 4 is 44.1 Å². The largest absolute Gasteiger partial charge is 0.507 e. The molecule has 4 aromatic rings. The summed E-state index contributed by atoms with van der Waals surface area (Å²) in [5, 5.41) is 11.7. The molecule has 5 nitrogen and oxygen atoms in total. The smallest absolute Gasteiger partial charge is 0.301 e. The number of anilines is 1. The molecule has 1 aliphatic rings. The molecule has 0 saturated carbocycles. The van der Waals surface area contributed by atoms with E-state index in [2.05, 4.69) is 25.8 Å². The number of rotatable bonds is 3. The summed E-state index contributed by atoms with van der Waals surface area (Å²) in [5.41, 5.74) is 2.94. The summed E-state index contributed by atoms with van der Waals surface area (Å²) in [4.78, 5) is 32.8. The van der Waals surface area contributed by atoms with Gasteiger partial charge in [0.25, 0.3) is 5.78 Å². The molecule has 7 heteroatoms. The molecule has 0 radical (unpaired) electrons. The molecule has 1 unspecified atom stereocenters. The van der Waals surface area contributed by atoms with E-state index in [9.17, 15) is 19.1 Å². The Morgan fingerprint density at radius 3 is 2.36 bits per heavy atom. The van der Waals surface area contributed by atoms with Crippen molar-refractivity contribution in [2.75, 3.05) is 4.90 Å². The minimum absolute atomic E-state index is 0.0474. The standard InChI is InChI=1S/C29H25FN2O3S/c1-16-15-18(11-14-20(16)30)25(33)23-24(17-9-12-19(13-10-17)29(2,3)4)32(27(35)26(23)34)28-31-21-7-5-6-8-22(21)36-28/h5-15,24,33H,1-4H3/b25-23+. The van der Waals surface area contributed by atoms with Gasteiger partial charge in [0, 0.05) is 5.56 Å².